The van der Waals surface area contributed by atoms with Gasteiger partial charge in [-0.25, -0.2) is 15.0 Å². The van der Waals surface area contributed by atoms with E-state index in [1.54, 1.807) is 25.0 Å². The number of rotatable bonds is 4. The molecule has 2 aromatic carbocycles. The third kappa shape index (κ3) is 3.25. The lowest BCUT2D eigenvalue weighted by Crippen LogP contribution is -2.23. The molecule has 1 amide bonds. The van der Waals surface area contributed by atoms with E-state index in [1.807, 2.05) is 30.3 Å². The summed E-state index contributed by atoms with van der Waals surface area (Å²) in [6, 6.07) is 11.2. The highest BCUT2D eigenvalue weighted by molar-refractivity contribution is 6.33. The van der Waals surface area contributed by atoms with Crippen LogP contribution in [0.3, 0.4) is 0 Å². The van der Waals surface area contributed by atoms with Crippen LogP contribution in [0.4, 0.5) is 5.82 Å². The van der Waals surface area contributed by atoms with Gasteiger partial charge >= 0.3 is 0 Å². The Morgan fingerprint density at radius 1 is 1.16 bits per heavy atom. The lowest BCUT2D eigenvalue weighted by molar-refractivity contribution is 0.0763. The minimum Gasteiger partial charge on any atom is -0.497 e. The van der Waals surface area contributed by atoms with Crippen LogP contribution in [-0.2, 0) is 13.1 Å². The van der Waals surface area contributed by atoms with Gasteiger partial charge in [0.1, 0.15) is 22.9 Å². The fourth-order valence-corrected chi connectivity index (χ4v) is 4.22. The second-order valence-electron chi connectivity index (χ2n) is 7.38. The van der Waals surface area contributed by atoms with Crippen molar-refractivity contribution in [2.45, 2.75) is 20.0 Å². The van der Waals surface area contributed by atoms with E-state index >= 15 is 0 Å². The van der Waals surface area contributed by atoms with Gasteiger partial charge < -0.3 is 20.4 Å². The highest BCUT2D eigenvalue weighted by Gasteiger charge is 2.30. The number of methoxy groups -OCH3 is 1. The van der Waals surface area contributed by atoms with Crippen molar-refractivity contribution in [2.75, 3.05) is 12.8 Å². The van der Waals surface area contributed by atoms with Crippen LogP contribution in [0.15, 0.2) is 36.4 Å². The third-order valence-corrected chi connectivity index (χ3v) is 5.70. The van der Waals surface area contributed by atoms with Crippen molar-refractivity contribution in [1.82, 2.24) is 24.8 Å². The number of halogens is 1. The van der Waals surface area contributed by atoms with Crippen LogP contribution in [0.1, 0.15) is 27.6 Å². The number of nitrogens with two attached hydrogens (primary N) is 1. The molecule has 0 bridgehead atoms. The minimum atomic E-state index is -0.0582. The molecule has 0 fully saturated rings. The smallest absolute Gasteiger partial charge is 0.254 e. The average molecular weight is 435 g/mol. The number of carbonyl (C=O) groups is 1. The number of aromatic amines is 1. The molecule has 3 N–H and O–H groups in total. The molecule has 0 radical (unpaired) electrons. The fourth-order valence-electron chi connectivity index (χ4n) is 3.95. The Hall–Kier alpha value is -3.65. The van der Waals surface area contributed by atoms with Gasteiger partial charge in [0.15, 0.2) is 11.5 Å². The Kier molecular flexibility index (Phi) is 4.51. The molecule has 2 aromatic heterocycles. The Morgan fingerprint density at radius 3 is 2.74 bits per heavy atom. The molecule has 0 atom stereocenters. The van der Waals surface area contributed by atoms with Crippen molar-refractivity contribution in [1.29, 1.82) is 0 Å². The molecule has 156 valence electrons. The summed E-state index contributed by atoms with van der Waals surface area (Å²) >= 11 is 6.50. The molecular formula is C22H19ClN6O2. The van der Waals surface area contributed by atoms with Crippen LogP contribution in [-0.4, -0.2) is 37.9 Å². The number of benzene rings is 2. The number of aromatic nitrogens is 4. The molecule has 0 saturated carbocycles. The topological polar surface area (TPSA) is 110 Å². The van der Waals surface area contributed by atoms with Crippen molar-refractivity contribution in [3.8, 4) is 16.9 Å². The molecule has 1 aliphatic heterocycles. The first kappa shape index (κ1) is 19.3. The Morgan fingerprint density at radius 2 is 1.97 bits per heavy atom. The van der Waals surface area contributed by atoms with Gasteiger partial charge in [-0.2, -0.15) is 0 Å². The van der Waals surface area contributed by atoms with Gasteiger partial charge in [-0.15, -0.1) is 0 Å². The van der Waals surface area contributed by atoms with Gasteiger partial charge in [0.25, 0.3) is 5.91 Å². The van der Waals surface area contributed by atoms with Gasteiger partial charge in [-0.3, -0.25) is 4.79 Å². The van der Waals surface area contributed by atoms with Crippen LogP contribution in [0, 0.1) is 6.92 Å². The number of H-pyrrole nitrogens is 1. The predicted molar refractivity (Wildman–Crippen MR) is 118 cm³/mol. The second-order valence-corrected chi connectivity index (χ2v) is 7.78. The van der Waals surface area contributed by atoms with Crippen LogP contribution in [0.2, 0.25) is 5.02 Å². The second kappa shape index (κ2) is 7.24. The van der Waals surface area contributed by atoms with E-state index in [2.05, 4.69) is 19.9 Å². The number of imidazole rings is 1. The SMILES string of the molecule is COc1ccc(-c2cccc3c2CN(Cc2nc4nc(C)nc(N)c4[nH]2)C3=O)c(Cl)c1. The number of nitrogens with one attached hydrogen (secondary N) is 1. The zero-order chi connectivity index (χ0) is 21.7. The van der Waals surface area contributed by atoms with Gasteiger partial charge in [-0.05, 0) is 42.3 Å². The normalized spacial score (nSPS) is 13.1. The van der Waals surface area contributed by atoms with Gasteiger partial charge in [0.2, 0.25) is 0 Å². The number of carbonyl (C=O) groups excluding carboxylic acids is 1. The summed E-state index contributed by atoms with van der Waals surface area (Å²) in [5.41, 5.74) is 10.4. The maximum atomic E-state index is 13.1. The van der Waals surface area contributed by atoms with E-state index in [-0.39, 0.29) is 5.91 Å². The molecule has 3 heterocycles. The van der Waals surface area contributed by atoms with Crippen LogP contribution in [0.5, 0.6) is 5.75 Å². The number of anilines is 1. The Bertz CT molecular complexity index is 1350. The number of hydrogen-bond acceptors (Lipinski definition) is 6. The Labute approximate surface area is 183 Å². The Balaban J connectivity index is 1.48. The van der Waals surface area contributed by atoms with Gasteiger partial charge in [-0.1, -0.05) is 23.7 Å². The molecule has 0 saturated heterocycles. The summed E-state index contributed by atoms with van der Waals surface area (Å²) in [7, 11) is 1.60. The number of fused-ring (bicyclic) bond motifs is 2. The highest BCUT2D eigenvalue weighted by Crippen LogP contribution is 2.38. The first-order chi connectivity index (χ1) is 14.9. The molecule has 9 heteroatoms. The minimum absolute atomic E-state index is 0.0582. The van der Waals surface area contributed by atoms with E-state index in [1.165, 1.54) is 0 Å². The van der Waals surface area contributed by atoms with Crippen molar-refractivity contribution in [3.05, 3.63) is 64.2 Å². The van der Waals surface area contributed by atoms with Crippen molar-refractivity contribution >= 4 is 34.5 Å². The van der Waals surface area contributed by atoms with E-state index in [0.29, 0.717) is 58.1 Å². The zero-order valence-electron chi connectivity index (χ0n) is 16.9. The molecule has 0 spiro atoms. The standard InChI is InChI=1S/C22H19ClN6O2/c1-11-25-20(24)19-21(26-11)28-18(27-19)10-29-9-16-13(4-3-5-15(16)22(29)30)14-7-6-12(31-2)8-17(14)23/h3-8H,9-10H2,1-2H3,(H3,24,25,26,27,28). The molecule has 8 nitrogen and oxygen atoms in total. The number of aryl methyl sites for hydroxylation is 1. The molecule has 4 aromatic rings. The summed E-state index contributed by atoms with van der Waals surface area (Å²) in [5, 5.41) is 0.570. The van der Waals surface area contributed by atoms with Crippen LogP contribution >= 0.6 is 11.6 Å². The number of ether oxygens (including phenoxy) is 1. The number of hydrogen-bond donors (Lipinski definition) is 2. The summed E-state index contributed by atoms with van der Waals surface area (Å²) in [5.74, 6) is 2.12. The molecule has 0 unspecified atom stereocenters. The summed E-state index contributed by atoms with van der Waals surface area (Å²) < 4.78 is 5.24. The van der Waals surface area contributed by atoms with E-state index in [9.17, 15) is 4.79 Å². The number of amides is 1. The molecular weight excluding hydrogens is 416 g/mol. The molecule has 0 aliphatic carbocycles. The molecule has 31 heavy (non-hydrogen) atoms. The quantitative estimate of drug-likeness (QED) is 0.506. The summed E-state index contributed by atoms with van der Waals surface area (Å²) in [6.45, 7) is 2.51. The lowest BCUT2D eigenvalue weighted by atomic mass is 9.97. The molecule has 1 aliphatic rings. The van der Waals surface area contributed by atoms with Crippen LogP contribution < -0.4 is 10.5 Å². The predicted octanol–water partition coefficient (Wildman–Crippen LogP) is 3.73. The van der Waals surface area contributed by atoms with Crippen molar-refractivity contribution in [3.63, 3.8) is 0 Å². The fraction of sp³-hybridized carbons (Fsp3) is 0.182. The lowest BCUT2D eigenvalue weighted by Gasteiger charge is -2.14. The molecule has 5 rings (SSSR count). The monoisotopic (exact) mass is 434 g/mol. The third-order valence-electron chi connectivity index (χ3n) is 5.39. The van der Waals surface area contributed by atoms with Crippen molar-refractivity contribution in [2.24, 2.45) is 0 Å². The van der Waals surface area contributed by atoms with Crippen LogP contribution in [0.25, 0.3) is 22.3 Å². The van der Waals surface area contributed by atoms with E-state index in [4.69, 9.17) is 22.1 Å². The average Bonchev–Trinajstić information content (AvgIpc) is 3.29. The summed E-state index contributed by atoms with van der Waals surface area (Å²) in [6.07, 6.45) is 0. The maximum Gasteiger partial charge on any atom is 0.254 e. The van der Waals surface area contributed by atoms with Gasteiger partial charge in [0.05, 0.1) is 18.7 Å². The van der Waals surface area contributed by atoms with E-state index in [0.717, 1.165) is 16.7 Å². The highest BCUT2D eigenvalue weighted by atomic mass is 35.5. The number of nitrogens with zero attached hydrogens (tertiary/aromatic N) is 4. The first-order valence-corrected chi connectivity index (χ1v) is 10.1. The summed E-state index contributed by atoms with van der Waals surface area (Å²) in [4.78, 5) is 30.9. The van der Waals surface area contributed by atoms with Gasteiger partial charge in [0, 0.05) is 17.7 Å². The zero-order valence-corrected chi connectivity index (χ0v) is 17.7. The maximum absolute atomic E-state index is 13.1. The van der Waals surface area contributed by atoms with Crippen molar-refractivity contribution < 1.29 is 9.53 Å². The first-order valence-electron chi connectivity index (χ1n) is 9.68. The van der Waals surface area contributed by atoms with E-state index < -0.39 is 0 Å². The number of nitrogen functional groups attached to an aromatic ring is 1. The largest absolute Gasteiger partial charge is 0.497 e.